The lowest BCUT2D eigenvalue weighted by Gasteiger charge is -2.08. The molecule has 0 saturated carbocycles. The van der Waals surface area contributed by atoms with Gasteiger partial charge in [-0.3, -0.25) is 4.68 Å². The molecule has 0 aliphatic rings. The topological polar surface area (TPSA) is 29.9 Å². The van der Waals surface area contributed by atoms with E-state index in [1.807, 2.05) is 0 Å². The second-order valence-electron chi connectivity index (χ2n) is 3.97. The van der Waals surface area contributed by atoms with Crippen molar-refractivity contribution in [2.24, 2.45) is 0 Å². The number of aryl methyl sites for hydroxylation is 1. The Morgan fingerprint density at radius 2 is 2.00 bits per heavy atom. The predicted molar refractivity (Wildman–Crippen MR) is 59.5 cm³/mol. The van der Waals surface area contributed by atoms with Gasteiger partial charge in [0.1, 0.15) is 0 Å². The van der Waals surface area contributed by atoms with Crippen molar-refractivity contribution in [3.05, 3.63) is 17.0 Å². The summed E-state index contributed by atoms with van der Waals surface area (Å²) in [6, 6.07) is 0.448. The van der Waals surface area contributed by atoms with E-state index in [2.05, 4.69) is 49.7 Å². The minimum Gasteiger partial charge on any atom is -0.313 e. The van der Waals surface area contributed by atoms with Gasteiger partial charge in [-0.1, -0.05) is 6.92 Å². The van der Waals surface area contributed by atoms with Gasteiger partial charge in [0.05, 0.1) is 5.69 Å². The highest BCUT2D eigenvalue weighted by Crippen LogP contribution is 2.16. The van der Waals surface area contributed by atoms with E-state index in [9.17, 15) is 0 Å². The van der Waals surface area contributed by atoms with Crippen LogP contribution in [-0.4, -0.2) is 16.3 Å². The maximum atomic E-state index is 4.54. The Bertz CT molecular complexity index is 300. The minimum absolute atomic E-state index is 0.448. The van der Waals surface area contributed by atoms with Crippen molar-refractivity contribution in [1.29, 1.82) is 0 Å². The maximum absolute atomic E-state index is 4.54. The number of nitrogens with zero attached hydrogens (tertiary/aromatic N) is 2. The largest absolute Gasteiger partial charge is 0.313 e. The van der Waals surface area contributed by atoms with Crippen LogP contribution >= 0.6 is 0 Å². The van der Waals surface area contributed by atoms with Crippen LogP contribution in [0.25, 0.3) is 0 Å². The zero-order valence-corrected chi connectivity index (χ0v) is 9.89. The van der Waals surface area contributed by atoms with Crippen LogP contribution in [0.3, 0.4) is 0 Å². The van der Waals surface area contributed by atoms with Gasteiger partial charge in [-0.2, -0.15) is 5.10 Å². The van der Waals surface area contributed by atoms with Gasteiger partial charge in [0.15, 0.2) is 0 Å². The zero-order chi connectivity index (χ0) is 10.7. The molecule has 0 amide bonds. The van der Waals surface area contributed by atoms with E-state index in [1.165, 1.54) is 11.3 Å². The third-order valence-electron chi connectivity index (χ3n) is 2.52. The van der Waals surface area contributed by atoms with Gasteiger partial charge in [0, 0.05) is 23.8 Å². The van der Waals surface area contributed by atoms with Gasteiger partial charge in [-0.25, -0.2) is 0 Å². The molecule has 0 saturated heterocycles. The highest BCUT2D eigenvalue weighted by molar-refractivity contribution is 5.24. The molecular formula is C11H21N3. The van der Waals surface area contributed by atoms with Crippen LogP contribution in [0.5, 0.6) is 0 Å². The first-order valence-corrected chi connectivity index (χ1v) is 5.33. The van der Waals surface area contributed by atoms with Gasteiger partial charge >= 0.3 is 0 Å². The molecule has 1 heterocycles. The molecule has 14 heavy (non-hydrogen) atoms. The number of nitrogens with one attached hydrogen (secondary N) is 1. The van der Waals surface area contributed by atoms with Gasteiger partial charge in [-0.15, -0.1) is 0 Å². The van der Waals surface area contributed by atoms with E-state index in [0.29, 0.717) is 6.04 Å². The predicted octanol–water partition coefficient (Wildman–Crippen LogP) is 2.19. The van der Waals surface area contributed by atoms with Crippen molar-refractivity contribution in [1.82, 2.24) is 15.1 Å². The Hall–Kier alpha value is -0.830. The van der Waals surface area contributed by atoms with Gasteiger partial charge in [0.2, 0.25) is 0 Å². The molecule has 1 aromatic heterocycles. The van der Waals surface area contributed by atoms with Gasteiger partial charge < -0.3 is 5.32 Å². The number of hydrogen-bond acceptors (Lipinski definition) is 2. The molecule has 3 heteroatoms. The molecule has 0 aliphatic heterocycles. The van der Waals surface area contributed by atoms with E-state index in [4.69, 9.17) is 0 Å². The molecule has 0 bridgehead atoms. The Morgan fingerprint density at radius 1 is 1.36 bits per heavy atom. The first kappa shape index (κ1) is 11.2. The van der Waals surface area contributed by atoms with Crippen molar-refractivity contribution in [3.8, 4) is 0 Å². The summed E-state index contributed by atoms with van der Waals surface area (Å²) in [5, 5.41) is 7.88. The molecule has 0 unspecified atom stereocenters. The highest BCUT2D eigenvalue weighted by Gasteiger charge is 2.12. The van der Waals surface area contributed by atoms with Crippen molar-refractivity contribution in [2.45, 2.75) is 47.2 Å². The smallest absolute Gasteiger partial charge is 0.0641 e. The molecule has 0 spiro atoms. The molecule has 80 valence electrons. The SMILES string of the molecule is CCNCc1c(C)nn(C(C)C)c1C. The van der Waals surface area contributed by atoms with Crippen molar-refractivity contribution < 1.29 is 0 Å². The molecule has 1 aromatic rings. The molecule has 3 nitrogen and oxygen atoms in total. The molecule has 0 aromatic carbocycles. The second kappa shape index (κ2) is 4.60. The van der Waals surface area contributed by atoms with E-state index in [1.54, 1.807) is 0 Å². The summed E-state index contributed by atoms with van der Waals surface area (Å²) in [6.07, 6.45) is 0. The Kier molecular flexibility index (Phi) is 3.69. The Morgan fingerprint density at radius 3 is 2.43 bits per heavy atom. The van der Waals surface area contributed by atoms with Crippen molar-refractivity contribution in [3.63, 3.8) is 0 Å². The molecule has 0 aliphatic carbocycles. The lowest BCUT2D eigenvalue weighted by molar-refractivity contribution is 0.515. The molecule has 0 atom stereocenters. The fourth-order valence-corrected chi connectivity index (χ4v) is 1.71. The molecule has 0 radical (unpaired) electrons. The zero-order valence-electron chi connectivity index (χ0n) is 9.89. The highest BCUT2D eigenvalue weighted by atomic mass is 15.3. The third kappa shape index (κ3) is 2.15. The third-order valence-corrected chi connectivity index (χ3v) is 2.52. The summed E-state index contributed by atoms with van der Waals surface area (Å²) < 4.78 is 2.10. The summed E-state index contributed by atoms with van der Waals surface area (Å²) in [5.41, 5.74) is 3.79. The molecular weight excluding hydrogens is 174 g/mol. The number of hydrogen-bond donors (Lipinski definition) is 1. The summed E-state index contributed by atoms with van der Waals surface area (Å²) in [6.45, 7) is 12.6. The Labute approximate surface area is 86.5 Å². The lowest BCUT2D eigenvalue weighted by atomic mass is 10.2. The molecule has 0 fully saturated rings. The average Bonchev–Trinajstić information content (AvgIpc) is 2.40. The Balaban J connectivity index is 2.93. The normalized spacial score (nSPS) is 11.3. The van der Waals surface area contributed by atoms with E-state index in [-0.39, 0.29) is 0 Å². The lowest BCUT2D eigenvalue weighted by Crippen LogP contribution is -2.13. The summed E-state index contributed by atoms with van der Waals surface area (Å²) in [7, 11) is 0. The van der Waals surface area contributed by atoms with Crippen LogP contribution in [0, 0.1) is 13.8 Å². The van der Waals surface area contributed by atoms with E-state index < -0.39 is 0 Å². The second-order valence-corrected chi connectivity index (χ2v) is 3.97. The number of rotatable bonds is 4. The summed E-state index contributed by atoms with van der Waals surface area (Å²) in [5.74, 6) is 0. The average molecular weight is 195 g/mol. The summed E-state index contributed by atoms with van der Waals surface area (Å²) in [4.78, 5) is 0. The van der Waals surface area contributed by atoms with Crippen LogP contribution in [0.4, 0.5) is 0 Å². The molecule has 1 N–H and O–H groups in total. The first-order valence-electron chi connectivity index (χ1n) is 5.33. The van der Waals surface area contributed by atoms with Crippen LogP contribution in [0.2, 0.25) is 0 Å². The van der Waals surface area contributed by atoms with Crippen LogP contribution in [0.1, 0.15) is 43.8 Å². The number of aromatic nitrogens is 2. The fraction of sp³-hybridized carbons (Fsp3) is 0.727. The van der Waals surface area contributed by atoms with Crippen molar-refractivity contribution >= 4 is 0 Å². The van der Waals surface area contributed by atoms with E-state index in [0.717, 1.165) is 18.8 Å². The minimum atomic E-state index is 0.448. The quantitative estimate of drug-likeness (QED) is 0.798. The fourth-order valence-electron chi connectivity index (χ4n) is 1.71. The summed E-state index contributed by atoms with van der Waals surface area (Å²) >= 11 is 0. The molecule has 1 rings (SSSR count). The van der Waals surface area contributed by atoms with Crippen LogP contribution in [0.15, 0.2) is 0 Å². The van der Waals surface area contributed by atoms with Gasteiger partial charge in [0.25, 0.3) is 0 Å². The van der Waals surface area contributed by atoms with Crippen molar-refractivity contribution in [2.75, 3.05) is 6.54 Å². The van der Waals surface area contributed by atoms with Crippen LogP contribution in [-0.2, 0) is 6.54 Å². The van der Waals surface area contributed by atoms with E-state index >= 15 is 0 Å². The van der Waals surface area contributed by atoms with Crippen LogP contribution < -0.4 is 5.32 Å². The first-order chi connectivity index (χ1) is 6.57. The monoisotopic (exact) mass is 195 g/mol. The maximum Gasteiger partial charge on any atom is 0.0641 e. The standard InChI is InChI=1S/C11H21N3/c1-6-12-7-11-9(4)13-14(8(2)3)10(11)5/h8,12H,6-7H2,1-5H3. The van der Waals surface area contributed by atoms with Gasteiger partial charge in [-0.05, 0) is 34.2 Å².